The summed E-state index contributed by atoms with van der Waals surface area (Å²) in [5.41, 5.74) is 5.57. The van der Waals surface area contributed by atoms with Gasteiger partial charge in [0.15, 0.2) is 0 Å². The van der Waals surface area contributed by atoms with E-state index in [4.69, 9.17) is 15.2 Å². The molecule has 0 aromatic rings. The third-order valence-electron chi connectivity index (χ3n) is 3.26. The molecule has 0 radical (unpaired) electrons. The van der Waals surface area contributed by atoms with Crippen molar-refractivity contribution in [2.45, 2.75) is 44.9 Å². The van der Waals surface area contributed by atoms with E-state index in [1.54, 1.807) is 7.11 Å². The number of nitrogens with zero attached hydrogens (tertiary/aromatic N) is 1. The van der Waals surface area contributed by atoms with Crippen LogP contribution in [0.3, 0.4) is 0 Å². The zero-order chi connectivity index (χ0) is 12.8. The molecular weight excluding hydrogens is 220 g/mol. The van der Waals surface area contributed by atoms with Crippen molar-refractivity contribution in [2.24, 2.45) is 5.73 Å². The SMILES string of the molecule is COC(C)CCC(=O)N1CC(CN)OCC1C. The van der Waals surface area contributed by atoms with Crippen molar-refractivity contribution in [3.8, 4) is 0 Å². The maximum absolute atomic E-state index is 12.1. The number of hydrogen-bond acceptors (Lipinski definition) is 4. The van der Waals surface area contributed by atoms with Crippen LogP contribution in [-0.2, 0) is 14.3 Å². The predicted octanol–water partition coefficient (Wildman–Crippen LogP) is 0.376. The maximum atomic E-state index is 12.1. The normalized spacial score (nSPS) is 26.9. The lowest BCUT2D eigenvalue weighted by atomic mass is 10.1. The van der Waals surface area contributed by atoms with Gasteiger partial charge in [-0.3, -0.25) is 4.79 Å². The zero-order valence-corrected chi connectivity index (χ0v) is 11.0. The molecule has 0 spiro atoms. The van der Waals surface area contributed by atoms with Gasteiger partial charge in [-0.05, 0) is 20.3 Å². The summed E-state index contributed by atoms with van der Waals surface area (Å²) in [5.74, 6) is 0.170. The van der Waals surface area contributed by atoms with Gasteiger partial charge in [0.1, 0.15) is 0 Å². The predicted molar refractivity (Wildman–Crippen MR) is 65.7 cm³/mol. The van der Waals surface area contributed by atoms with Crippen molar-refractivity contribution < 1.29 is 14.3 Å². The summed E-state index contributed by atoms with van der Waals surface area (Å²) in [6.45, 7) is 5.62. The van der Waals surface area contributed by atoms with Crippen molar-refractivity contribution in [3.63, 3.8) is 0 Å². The highest BCUT2D eigenvalue weighted by Crippen LogP contribution is 2.14. The van der Waals surface area contributed by atoms with Crippen LogP contribution in [-0.4, -0.2) is 55.9 Å². The number of rotatable bonds is 5. The Morgan fingerprint density at radius 1 is 1.65 bits per heavy atom. The summed E-state index contributed by atoms with van der Waals surface area (Å²) in [7, 11) is 1.66. The van der Waals surface area contributed by atoms with Crippen molar-refractivity contribution in [3.05, 3.63) is 0 Å². The molecule has 0 aromatic carbocycles. The molecule has 0 aromatic heterocycles. The Labute approximate surface area is 103 Å². The molecule has 0 aliphatic carbocycles. The summed E-state index contributed by atoms with van der Waals surface area (Å²) in [4.78, 5) is 13.9. The highest BCUT2D eigenvalue weighted by Gasteiger charge is 2.28. The summed E-state index contributed by atoms with van der Waals surface area (Å²) in [5, 5.41) is 0. The summed E-state index contributed by atoms with van der Waals surface area (Å²) in [6.07, 6.45) is 1.39. The third-order valence-corrected chi connectivity index (χ3v) is 3.26. The van der Waals surface area contributed by atoms with Crippen LogP contribution in [0, 0.1) is 0 Å². The minimum absolute atomic E-state index is 0.0185. The molecule has 5 heteroatoms. The number of hydrogen-bond donors (Lipinski definition) is 1. The van der Waals surface area contributed by atoms with Gasteiger partial charge in [-0.15, -0.1) is 0 Å². The van der Waals surface area contributed by atoms with Crippen molar-refractivity contribution in [1.29, 1.82) is 0 Å². The Morgan fingerprint density at radius 3 is 2.94 bits per heavy atom. The number of morpholine rings is 1. The number of methoxy groups -OCH3 is 1. The lowest BCUT2D eigenvalue weighted by Gasteiger charge is -2.37. The van der Waals surface area contributed by atoms with E-state index < -0.39 is 0 Å². The molecule has 3 atom stereocenters. The lowest BCUT2D eigenvalue weighted by Crippen LogP contribution is -2.52. The maximum Gasteiger partial charge on any atom is 0.223 e. The number of nitrogens with two attached hydrogens (primary N) is 1. The Hall–Kier alpha value is -0.650. The van der Waals surface area contributed by atoms with Crippen LogP contribution in [0.15, 0.2) is 0 Å². The van der Waals surface area contributed by atoms with Gasteiger partial charge in [0.25, 0.3) is 0 Å². The smallest absolute Gasteiger partial charge is 0.223 e. The van der Waals surface area contributed by atoms with Gasteiger partial charge in [0, 0.05) is 26.6 Å². The number of carbonyl (C=O) groups is 1. The Bertz CT molecular complexity index is 248. The fraction of sp³-hybridized carbons (Fsp3) is 0.917. The molecule has 0 saturated carbocycles. The molecule has 1 aliphatic heterocycles. The van der Waals surface area contributed by atoms with E-state index in [9.17, 15) is 4.79 Å². The highest BCUT2D eigenvalue weighted by molar-refractivity contribution is 5.76. The van der Waals surface area contributed by atoms with Crippen LogP contribution in [0.2, 0.25) is 0 Å². The van der Waals surface area contributed by atoms with E-state index in [1.165, 1.54) is 0 Å². The molecule has 1 fully saturated rings. The van der Waals surface area contributed by atoms with E-state index in [0.29, 0.717) is 26.1 Å². The first-order valence-corrected chi connectivity index (χ1v) is 6.22. The van der Waals surface area contributed by atoms with Gasteiger partial charge >= 0.3 is 0 Å². The highest BCUT2D eigenvalue weighted by atomic mass is 16.5. The molecular formula is C12H24N2O3. The third kappa shape index (κ3) is 4.26. The van der Waals surface area contributed by atoms with E-state index >= 15 is 0 Å². The zero-order valence-electron chi connectivity index (χ0n) is 11.0. The van der Waals surface area contributed by atoms with Crippen LogP contribution in [0.4, 0.5) is 0 Å². The van der Waals surface area contributed by atoms with Crippen LogP contribution < -0.4 is 5.73 Å². The molecule has 1 heterocycles. The van der Waals surface area contributed by atoms with Crippen LogP contribution in [0.1, 0.15) is 26.7 Å². The van der Waals surface area contributed by atoms with Gasteiger partial charge in [-0.1, -0.05) is 0 Å². The van der Waals surface area contributed by atoms with E-state index in [1.807, 2.05) is 18.7 Å². The monoisotopic (exact) mass is 244 g/mol. The molecule has 1 aliphatic rings. The Morgan fingerprint density at radius 2 is 2.35 bits per heavy atom. The second-order valence-electron chi connectivity index (χ2n) is 4.67. The fourth-order valence-electron chi connectivity index (χ4n) is 1.90. The minimum Gasteiger partial charge on any atom is -0.382 e. The molecule has 17 heavy (non-hydrogen) atoms. The average molecular weight is 244 g/mol. The molecule has 100 valence electrons. The van der Waals surface area contributed by atoms with Gasteiger partial charge in [0.2, 0.25) is 5.91 Å². The average Bonchev–Trinajstić information content (AvgIpc) is 2.36. The largest absolute Gasteiger partial charge is 0.382 e. The summed E-state index contributed by atoms with van der Waals surface area (Å²) < 4.78 is 10.7. The van der Waals surface area contributed by atoms with E-state index in [-0.39, 0.29) is 24.2 Å². The molecule has 1 saturated heterocycles. The number of ether oxygens (including phenoxy) is 2. The Balaban J connectivity index is 2.43. The van der Waals surface area contributed by atoms with Crippen molar-refractivity contribution in [2.75, 3.05) is 26.8 Å². The lowest BCUT2D eigenvalue weighted by molar-refractivity contribution is -0.144. The quantitative estimate of drug-likeness (QED) is 0.759. The minimum atomic E-state index is -0.0185. The van der Waals surface area contributed by atoms with Gasteiger partial charge < -0.3 is 20.1 Å². The first-order valence-electron chi connectivity index (χ1n) is 6.22. The van der Waals surface area contributed by atoms with Crippen molar-refractivity contribution in [1.82, 2.24) is 4.90 Å². The molecule has 0 bridgehead atoms. The van der Waals surface area contributed by atoms with Crippen LogP contribution in [0.25, 0.3) is 0 Å². The fourth-order valence-corrected chi connectivity index (χ4v) is 1.90. The number of carbonyl (C=O) groups excluding carboxylic acids is 1. The van der Waals surface area contributed by atoms with Gasteiger partial charge in [-0.25, -0.2) is 0 Å². The second kappa shape index (κ2) is 6.93. The van der Waals surface area contributed by atoms with E-state index in [2.05, 4.69) is 0 Å². The standard InChI is InChI=1S/C12H24N2O3/c1-9-8-17-11(6-13)7-14(9)12(15)5-4-10(2)16-3/h9-11H,4-8,13H2,1-3H3. The topological polar surface area (TPSA) is 64.8 Å². The summed E-state index contributed by atoms with van der Waals surface area (Å²) in [6, 6.07) is 0.142. The molecule has 1 amide bonds. The molecule has 1 rings (SSSR count). The first kappa shape index (κ1) is 14.4. The van der Waals surface area contributed by atoms with Crippen LogP contribution >= 0.6 is 0 Å². The molecule has 5 nitrogen and oxygen atoms in total. The van der Waals surface area contributed by atoms with Crippen LogP contribution in [0.5, 0.6) is 0 Å². The first-order chi connectivity index (χ1) is 8.08. The summed E-state index contributed by atoms with van der Waals surface area (Å²) >= 11 is 0. The Kier molecular flexibility index (Phi) is 5.88. The molecule has 3 unspecified atom stereocenters. The second-order valence-corrected chi connectivity index (χ2v) is 4.67. The van der Waals surface area contributed by atoms with Gasteiger partial charge in [-0.2, -0.15) is 0 Å². The molecule has 2 N–H and O–H groups in total. The van der Waals surface area contributed by atoms with E-state index in [0.717, 1.165) is 6.42 Å². The number of amides is 1. The van der Waals surface area contributed by atoms with Crippen molar-refractivity contribution >= 4 is 5.91 Å². The van der Waals surface area contributed by atoms with Gasteiger partial charge in [0.05, 0.1) is 24.9 Å².